The zero-order valence-corrected chi connectivity index (χ0v) is 7.49. The van der Waals surface area contributed by atoms with Gasteiger partial charge in [0.2, 0.25) is 0 Å². The van der Waals surface area contributed by atoms with Crippen LogP contribution < -0.4 is 5.73 Å². The third-order valence-electron chi connectivity index (χ3n) is 1.12. The van der Waals surface area contributed by atoms with E-state index in [0.717, 1.165) is 0 Å². The van der Waals surface area contributed by atoms with Gasteiger partial charge in [-0.1, -0.05) is 12.2 Å². The fourth-order valence-electron chi connectivity index (χ4n) is 0.541. The van der Waals surface area contributed by atoms with Crippen LogP contribution in [-0.2, 0) is 14.2 Å². The minimum Gasteiger partial charge on any atom is -0.382 e. The molecule has 0 atom stereocenters. The van der Waals surface area contributed by atoms with Crippen LogP contribution in [-0.4, -0.2) is 40.3 Å². The van der Waals surface area contributed by atoms with E-state index in [9.17, 15) is 0 Å². The molecule has 72 valence electrons. The van der Waals surface area contributed by atoms with Gasteiger partial charge in [0.25, 0.3) is 0 Å². The number of hydrogen-bond donors (Lipinski definition) is 1. The molecule has 0 spiro atoms. The van der Waals surface area contributed by atoms with Crippen molar-refractivity contribution >= 4 is 0 Å². The van der Waals surface area contributed by atoms with E-state index in [4.69, 9.17) is 19.9 Å². The van der Waals surface area contributed by atoms with E-state index in [1.807, 2.05) is 12.2 Å². The Balaban J connectivity index is 2.86. The van der Waals surface area contributed by atoms with Crippen molar-refractivity contribution in [2.75, 3.05) is 40.3 Å². The van der Waals surface area contributed by atoms with Gasteiger partial charge >= 0.3 is 0 Å². The minimum absolute atomic E-state index is 0.304. The third kappa shape index (κ3) is 9.58. The van der Waals surface area contributed by atoms with Crippen molar-refractivity contribution in [1.29, 1.82) is 0 Å². The lowest BCUT2D eigenvalue weighted by atomic mass is 10.5. The summed E-state index contributed by atoms with van der Waals surface area (Å²) in [6, 6.07) is 0. The Kier molecular flexibility index (Phi) is 10.2. The van der Waals surface area contributed by atoms with Gasteiger partial charge in [-0.05, 0) is 0 Å². The Labute approximate surface area is 73.3 Å². The molecular weight excluding hydrogens is 158 g/mol. The van der Waals surface area contributed by atoms with Gasteiger partial charge in [0.05, 0.1) is 19.8 Å². The highest BCUT2D eigenvalue weighted by atomic mass is 16.7. The van der Waals surface area contributed by atoms with Crippen LogP contribution in [0.2, 0.25) is 0 Å². The van der Waals surface area contributed by atoms with Crippen LogP contribution in [0.4, 0.5) is 0 Å². The van der Waals surface area contributed by atoms with Crippen molar-refractivity contribution in [1.82, 2.24) is 0 Å². The fourth-order valence-corrected chi connectivity index (χ4v) is 0.541. The second-order valence-electron chi connectivity index (χ2n) is 2.10. The maximum Gasteiger partial charge on any atom is 0.147 e. The normalized spacial score (nSPS) is 11.2. The number of rotatable bonds is 8. The largest absolute Gasteiger partial charge is 0.382 e. The Morgan fingerprint density at radius 3 is 2.67 bits per heavy atom. The summed E-state index contributed by atoms with van der Waals surface area (Å²) in [7, 11) is 1.63. The quantitative estimate of drug-likeness (QED) is 0.324. The van der Waals surface area contributed by atoms with E-state index in [-0.39, 0.29) is 0 Å². The van der Waals surface area contributed by atoms with E-state index in [2.05, 4.69) is 0 Å². The molecular formula is C8H17NO3. The lowest BCUT2D eigenvalue weighted by molar-refractivity contribution is -0.0571. The molecule has 0 aliphatic rings. The van der Waals surface area contributed by atoms with Gasteiger partial charge in [-0.25, -0.2) is 0 Å². The first kappa shape index (κ1) is 11.6. The predicted octanol–water partition coefficient (Wildman–Crippen LogP) is 0.138. The minimum atomic E-state index is 0.304. The molecule has 0 radical (unpaired) electrons. The molecule has 4 nitrogen and oxygen atoms in total. The third-order valence-corrected chi connectivity index (χ3v) is 1.12. The van der Waals surface area contributed by atoms with Gasteiger partial charge < -0.3 is 19.9 Å². The molecule has 0 amide bonds. The number of ether oxygens (including phenoxy) is 3. The van der Waals surface area contributed by atoms with Gasteiger partial charge in [-0.15, -0.1) is 0 Å². The summed E-state index contributed by atoms with van der Waals surface area (Å²) in [5.41, 5.74) is 5.22. The van der Waals surface area contributed by atoms with Crippen molar-refractivity contribution in [3.05, 3.63) is 12.2 Å². The SMILES string of the molecule is COCCOCOCC=CCN. The molecule has 2 N–H and O–H groups in total. The standard InChI is InChI=1S/C8H17NO3/c1-10-6-7-12-8-11-5-3-2-4-9/h2-3H,4-9H2,1H3. The summed E-state index contributed by atoms with van der Waals surface area (Å²) < 4.78 is 14.9. The van der Waals surface area contributed by atoms with Crippen LogP contribution in [0.15, 0.2) is 12.2 Å². The maximum absolute atomic E-state index is 5.22. The van der Waals surface area contributed by atoms with Crippen molar-refractivity contribution in [2.24, 2.45) is 5.73 Å². The Hall–Kier alpha value is -0.420. The Morgan fingerprint density at radius 1 is 1.17 bits per heavy atom. The highest BCUT2D eigenvalue weighted by Crippen LogP contribution is 1.80. The number of nitrogens with two attached hydrogens (primary N) is 1. The fraction of sp³-hybridized carbons (Fsp3) is 0.750. The summed E-state index contributed by atoms with van der Waals surface area (Å²) >= 11 is 0. The predicted molar refractivity (Wildman–Crippen MR) is 46.8 cm³/mol. The van der Waals surface area contributed by atoms with Crippen molar-refractivity contribution in [3.63, 3.8) is 0 Å². The summed E-state index contributed by atoms with van der Waals surface area (Å²) in [4.78, 5) is 0. The Morgan fingerprint density at radius 2 is 2.00 bits per heavy atom. The first-order valence-electron chi connectivity index (χ1n) is 3.91. The second-order valence-corrected chi connectivity index (χ2v) is 2.10. The van der Waals surface area contributed by atoms with Gasteiger partial charge in [-0.3, -0.25) is 0 Å². The second kappa shape index (κ2) is 10.6. The molecule has 0 fully saturated rings. The summed E-state index contributed by atoms with van der Waals surface area (Å²) in [5.74, 6) is 0. The van der Waals surface area contributed by atoms with E-state index in [1.54, 1.807) is 7.11 Å². The zero-order valence-electron chi connectivity index (χ0n) is 7.49. The van der Waals surface area contributed by atoms with Crippen LogP contribution >= 0.6 is 0 Å². The molecule has 12 heavy (non-hydrogen) atoms. The van der Waals surface area contributed by atoms with E-state index in [0.29, 0.717) is 33.2 Å². The smallest absolute Gasteiger partial charge is 0.147 e. The zero-order chi connectivity index (χ0) is 9.07. The summed E-state index contributed by atoms with van der Waals surface area (Å²) in [6.07, 6.45) is 3.70. The van der Waals surface area contributed by atoms with Crippen LogP contribution in [0.25, 0.3) is 0 Å². The Bertz CT molecular complexity index is 106. The molecule has 0 unspecified atom stereocenters. The molecule has 0 heterocycles. The van der Waals surface area contributed by atoms with Crippen LogP contribution in [0.3, 0.4) is 0 Å². The molecule has 0 bridgehead atoms. The molecule has 4 heteroatoms. The molecule has 0 aromatic rings. The van der Waals surface area contributed by atoms with Gasteiger partial charge in [0, 0.05) is 13.7 Å². The van der Waals surface area contributed by atoms with E-state index >= 15 is 0 Å². The average molecular weight is 175 g/mol. The summed E-state index contributed by atoms with van der Waals surface area (Å²) in [5, 5.41) is 0. The molecule has 0 saturated heterocycles. The van der Waals surface area contributed by atoms with E-state index < -0.39 is 0 Å². The lowest BCUT2D eigenvalue weighted by Gasteiger charge is -2.02. The van der Waals surface area contributed by atoms with Crippen molar-refractivity contribution < 1.29 is 14.2 Å². The van der Waals surface area contributed by atoms with Crippen LogP contribution in [0.1, 0.15) is 0 Å². The first-order valence-corrected chi connectivity index (χ1v) is 3.91. The number of hydrogen-bond acceptors (Lipinski definition) is 4. The monoisotopic (exact) mass is 175 g/mol. The van der Waals surface area contributed by atoms with Gasteiger partial charge in [0.15, 0.2) is 0 Å². The van der Waals surface area contributed by atoms with E-state index in [1.165, 1.54) is 0 Å². The molecule has 0 aromatic heterocycles. The van der Waals surface area contributed by atoms with Crippen LogP contribution in [0, 0.1) is 0 Å². The van der Waals surface area contributed by atoms with Crippen molar-refractivity contribution in [3.8, 4) is 0 Å². The highest BCUT2D eigenvalue weighted by Gasteiger charge is 1.85. The topological polar surface area (TPSA) is 53.7 Å². The first-order chi connectivity index (χ1) is 5.91. The van der Waals surface area contributed by atoms with Gasteiger partial charge in [0.1, 0.15) is 6.79 Å². The summed E-state index contributed by atoms with van der Waals surface area (Å²) in [6.45, 7) is 2.56. The van der Waals surface area contributed by atoms with Gasteiger partial charge in [-0.2, -0.15) is 0 Å². The average Bonchev–Trinajstić information content (AvgIpc) is 2.10. The molecule has 0 saturated carbocycles. The van der Waals surface area contributed by atoms with Crippen LogP contribution in [0.5, 0.6) is 0 Å². The highest BCUT2D eigenvalue weighted by molar-refractivity contribution is 4.81. The molecule has 0 aromatic carbocycles. The van der Waals surface area contributed by atoms with Crippen molar-refractivity contribution in [2.45, 2.75) is 0 Å². The lowest BCUT2D eigenvalue weighted by Crippen LogP contribution is -2.05. The number of methoxy groups -OCH3 is 1. The molecule has 0 aliphatic carbocycles. The molecule has 0 aliphatic heterocycles. The maximum atomic E-state index is 5.22. The molecule has 0 rings (SSSR count).